The summed E-state index contributed by atoms with van der Waals surface area (Å²) in [4.78, 5) is 8.39. The highest BCUT2D eigenvalue weighted by Crippen LogP contribution is 2.36. The van der Waals surface area contributed by atoms with Gasteiger partial charge in [0.2, 0.25) is 0 Å². The van der Waals surface area contributed by atoms with Gasteiger partial charge in [-0.05, 0) is 11.6 Å². The number of aromatic nitrogens is 4. The molecule has 4 rings (SSSR count). The fourth-order valence-corrected chi connectivity index (χ4v) is 3.44. The maximum absolute atomic E-state index is 5.92. The van der Waals surface area contributed by atoms with Gasteiger partial charge < -0.3 is 5.73 Å². The molecule has 0 saturated heterocycles. The molecule has 0 unspecified atom stereocenters. The topological polar surface area (TPSA) is 69.6 Å². The second-order valence-corrected chi connectivity index (χ2v) is 5.70. The van der Waals surface area contributed by atoms with Crippen molar-refractivity contribution in [3.63, 3.8) is 0 Å². The molecule has 0 aliphatic carbocycles. The van der Waals surface area contributed by atoms with Crippen LogP contribution in [0.2, 0.25) is 0 Å². The minimum atomic E-state index is 0.541. The van der Waals surface area contributed by atoms with Crippen LogP contribution in [-0.4, -0.2) is 19.7 Å². The minimum Gasteiger partial charge on any atom is -0.382 e. The lowest BCUT2D eigenvalue weighted by molar-refractivity contribution is 0.768. The highest BCUT2D eigenvalue weighted by molar-refractivity contribution is 7.26. The molecule has 5 nitrogen and oxygen atoms in total. The Hall–Kier alpha value is -2.47. The van der Waals surface area contributed by atoms with E-state index in [0.29, 0.717) is 5.82 Å². The zero-order valence-electron chi connectivity index (χ0n) is 10.7. The molecule has 0 amide bonds. The molecule has 0 saturated carbocycles. The summed E-state index contributed by atoms with van der Waals surface area (Å²) in [7, 11) is 1.91. The zero-order valence-corrected chi connectivity index (χ0v) is 11.6. The summed E-state index contributed by atoms with van der Waals surface area (Å²) in [6, 6.07) is 6.32. The van der Waals surface area contributed by atoms with Crippen LogP contribution in [0.4, 0.5) is 5.82 Å². The first-order chi connectivity index (χ1) is 9.72. The smallest absolute Gasteiger partial charge is 0.144 e. The van der Waals surface area contributed by atoms with Gasteiger partial charge in [0.25, 0.3) is 0 Å². The molecule has 0 aliphatic rings. The Morgan fingerprint density at radius 1 is 1.20 bits per heavy atom. The molecule has 1 aromatic carbocycles. The van der Waals surface area contributed by atoms with Gasteiger partial charge >= 0.3 is 0 Å². The summed E-state index contributed by atoms with van der Waals surface area (Å²) in [6.07, 6.45) is 5.38. The Labute approximate surface area is 118 Å². The number of benzene rings is 1. The molecular formula is C14H11N5S. The molecule has 20 heavy (non-hydrogen) atoms. The van der Waals surface area contributed by atoms with Crippen molar-refractivity contribution in [3.05, 3.63) is 36.9 Å². The first-order valence-electron chi connectivity index (χ1n) is 6.14. The van der Waals surface area contributed by atoms with Crippen LogP contribution in [0, 0.1) is 0 Å². The van der Waals surface area contributed by atoms with Gasteiger partial charge in [-0.1, -0.05) is 12.1 Å². The van der Waals surface area contributed by atoms with Gasteiger partial charge in [0.05, 0.1) is 16.4 Å². The number of nitrogen functional groups attached to an aromatic ring is 1. The van der Waals surface area contributed by atoms with E-state index < -0.39 is 0 Å². The van der Waals surface area contributed by atoms with Crippen molar-refractivity contribution in [1.82, 2.24) is 19.7 Å². The lowest BCUT2D eigenvalue weighted by atomic mass is 10.1. The van der Waals surface area contributed by atoms with E-state index in [0.717, 1.165) is 31.4 Å². The van der Waals surface area contributed by atoms with Gasteiger partial charge in [0, 0.05) is 28.9 Å². The van der Waals surface area contributed by atoms with Crippen molar-refractivity contribution in [2.75, 3.05) is 5.73 Å². The molecule has 98 valence electrons. The van der Waals surface area contributed by atoms with Crippen molar-refractivity contribution < 1.29 is 0 Å². The predicted molar refractivity (Wildman–Crippen MR) is 81.5 cm³/mol. The van der Waals surface area contributed by atoms with Crippen molar-refractivity contribution in [3.8, 4) is 11.1 Å². The van der Waals surface area contributed by atoms with E-state index in [1.807, 2.05) is 19.4 Å². The SMILES string of the molecule is Cn1cc(-c2ccc3c(c2)sc2c(N)ncnc23)cn1. The highest BCUT2D eigenvalue weighted by Gasteiger charge is 2.10. The molecule has 0 atom stereocenters. The summed E-state index contributed by atoms with van der Waals surface area (Å²) in [5.41, 5.74) is 9.09. The Morgan fingerprint density at radius 3 is 2.90 bits per heavy atom. The normalized spacial score (nSPS) is 11.4. The molecule has 0 spiro atoms. The standard InChI is InChI=1S/C14H11N5S/c1-19-6-9(5-18-19)8-2-3-10-11(4-8)20-13-12(10)16-7-17-14(13)15/h2-7H,1H3,(H2,15,16,17). The van der Waals surface area contributed by atoms with Crippen LogP contribution in [0.3, 0.4) is 0 Å². The molecule has 2 N–H and O–H groups in total. The number of nitrogens with two attached hydrogens (primary N) is 1. The average molecular weight is 281 g/mol. The quantitative estimate of drug-likeness (QED) is 0.582. The van der Waals surface area contributed by atoms with Crippen molar-refractivity contribution >= 4 is 37.5 Å². The number of rotatable bonds is 1. The van der Waals surface area contributed by atoms with E-state index >= 15 is 0 Å². The first-order valence-corrected chi connectivity index (χ1v) is 6.96. The molecular weight excluding hydrogens is 270 g/mol. The van der Waals surface area contributed by atoms with Crippen LogP contribution in [0.5, 0.6) is 0 Å². The van der Waals surface area contributed by atoms with E-state index in [1.54, 1.807) is 16.0 Å². The number of thiophene rings is 1. The van der Waals surface area contributed by atoms with Crippen LogP contribution >= 0.6 is 11.3 Å². The zero-order chi connectivity index (χ0) is 13.7. The van der Waals surface area contributed by atoms with Gasteiger partial charge in [-0.2, -0.15) is 5.10 Å². The first kappa shape index (κ1) is 11.4. The largest absolute Gasteiger partial charge is 0.382 e. The third-order valence-electron chi connectivity index (χ3n) is 3.32. The second-order valence-electron chi connectivity index (χ2n) is 4.65. The van der Waals surface area contributed by atoms with E-state index in [1.165, 1.54) is 6.33 Å². The van der Waals surface area contributed by atoms with E-state index in [-0.39, 0.29) is 0 Å². The summed E-state index contributed by atoms with van der Waals surface area (Å²) in [6.45, 7) is 0. The number of anilines is 1. The van der Waals surface area contributed by atoms with E-state index in [2.05, 4.69) is 33.3 Å². The second kappa shape index (κ2) is 4.01. The fraction of sp³-hybridized carbons (Fsp3) is 0.0714. The third kappa shape index (κ3) is 1.58. The van der Waals surface area contributed by atoms with Gasteiger partial charge in [-0.25, -0.2) is 9.97 Å². The monoisotopic (exact) mass is 281 g/mol. The van der Waals surface area contributed by atoms with Crippen molar-refractivity contribution in [2.45, 2.75) is 0 Å². The van der Waals surface area contributed by atoms with Crippen LogP contribution in [0.1, 0.15) is 0 Å². The molecule has 3 aromatic heterocycles. The Kier molecular flexibility index (Phi) is 2.28. The Morgan fingerprint density at radius 2 is 2.10 bits per heavy atom. The predicted octanol–water partition coefficient (Wildman–Crippen LogP) is 2.83. The minimum absolute atomic E-state index is 0.541. The number of hydrogen-bond donors (Lipinski definition) is 1. The summed E-state index contributed by atoms with van der Waals surface area (Å²) < 4.78 is 3.91. The van der Waals surface area contributed by atoms with Crippen LogP contribution in [-0.2, 0) is 7.05 Å². The number of hydrogen-bond acceptors (Lipinski definition) is 5. The Balaban J connectivity index is 2.00. The fourth-order valence-electron chi connectivity index (χ4n) is 2.34. The van der Waals surface area contributed by atoms with Gasteiger partial charge in [-0.3, -0.25) is 4.68 Å². The number of nitrogens with zero attached hydrogens (tertiary/aromatic N) is 4. The number of aryl methyl sites for hydroxylation is 1. The molecule has 0 aliphatic heterocycles. The molecule has 4 aromatic rings. The number of fused-ring (bicyclic) bond motifs is 3. The lowest BCUT2D eigenvalue weighted by Gasteiger charge is -1.97. The maximum atomic E-state index is 5.92. The van der Waals surface area contributed by atoms with Gasteiger partial charge in [-0.15, -0.1) is 11.3 Å². The molecule has 3 heterocycles. The van der Waals surface area contributed by atoms with Crippen LogP contribution < -0.4 is 5.73 Å². The van der Waals surface area contributed by atoms with Crippen molar-refractivity contribution in [1.29, 1.82) is 0 Å². The van der Waals surface area contributed by atoms with Gasteiger partial charge in [0.15, 0.2) is 0 Å². The lowest BCUT2D eigenvalue weighted by Crippen LogP contribution is -1.89. The maximum Gasteiger partial charge on any atom is 0.144 e. The van der Waals surface area contributed by atoms with Crippen LogP contribution in [0.15, 0.2) is 36.9 Å². The summed E-state index contributed by atoms with van der Waals surface area (Å²) in [5.74, 6) is 0.541. The average Bonchev–Trinajstić information content (AvgIpc) is 3.03. The van der Waals surface area contributed by atoms with Gasteiger partial charge in [0.1, 0.15) is 12.1 Å². The molecule has 0 bridgehead atoms. The molecule has 0 radical (unpaired) electrons. The van der Waals surface area contributed by atoms with Crippen LogP contribution in [0.25, 0.3) is 31.4 Å². The van der Waals surface area contributed by atoms with Crippen molar-refractivity contribution in [2.24, 2.45) is 7.05 Å². The van der Waals surface area contributed by atoms with E-state index in [4.69, 9.17) is 5.73 Å². The summed E-state index contributed by atoms with van der Waals surface area (Å²) >= 11 is 1.63. The van der Waals surface area contributed by atoms with E-state index in [9.17, 15) is 0 Å². The third-order valence-corrected chi connectivity index (χ3v) is 4.48. The molecule has 0 fully saturated rings. The Bertz CT molecular complexity index is 937. The highest BCUT2D eigenvalue weighted by atomic mass is 32.1. The molecule has 6 heteroatoms. The summed E-state index contributed by atoms with van der Waals surface area (Å²) in [5, 5.41) is 5.33.